The minimum atomic E-state index is -1.01. The van der Waals surface area contributed by atoms with Gasteiger partial charge in [0.15, 0.2) is 5.76 Å². The van der Waals surface area contributed by atoms with Gasteiger partial charge in [-0.15, -0.1) is 0 Å². The minimum Gasteiger partial charge on any atom is -0.477 e. The molecule has 0 radical (unpaired) electrons. The van der Waals surface area contributed by atoms with Crippen molar-refractivity contribution in [3.8, 4) is 11.3 Å². The van der Waals surface area contributed by atoms with Crippen molar-refractivity contribution in [1.82, 2.24) is 5.16 Å². The van der Waals surface area contributed by atoms with Gasteiger partial charge in [0, 0.05) is 11.0 Å². The lowest BCUT2D eigenvalue weighted by atomic mass is 9.88. The molecule has 0 unspecified atom stereocenters. The fourth-order valence-electron chi connectivity index (χ4n) is 2.09. The third-order valence-corrected chi connectivity index (χ3v) is 3.37. The maximum absolute atomic E-state index is 11.6. The first-order chi connectivity index (χ1) is 9.21. The molecule has 0 saturated heterocycles. The molecule has 0 aliphatic carbocycles. The summed E-state index contributed by atoms with van der Waals surface area (Å²) in [5.41, 5.74) is 3.17. The summed E-state index contributed by atoms with van der Waals surface area (Å²) >= 11 is 0. The van der Waals surface area contributed by atoms with E-state index in [1.807, 2.05) is 52.8 Å². The van der Waals surface area contributed by atoms with Gasteiger partial charge in [0.05, 0.1) is 0 Å². The van der Waals surface area contributed by atoms with Gasteiger partial charge >= 0.3 is 5.97 Å². The van der Waals surface area contributed by atoms with Crippen LogP contribution in [0.1, 0.15) is 48.0 Å². The molecular weight excluding hydrogens is 254 g/mol. The standard InChI is InChI=1S/C16H19NO3/c1-9-6-7-11(8-10(9)2)13-12(15(18)19)14(20-17-13)16(3,4)5/h6-8H,1-5H3,(H,18,19). The van der Waals surface area contributed by atoms with Gasteiger partial charge < -0.3 is 9.63 Å². The highest BCUT2D eigenvalue weighted by Crippen LogP contribution is 2.33. The van der Waals surface area contributed by atoms with Gasteiger partial charge in [0.25, 0.3) is 0 Å². The minimum absolute atomic E-state index is 0.153. The Labute approximate surface area is 118 Å². The Hall–Kier alpha value is -2.10. The number of carboxylic acid groups (broad SMARTS) is 1. The maximum Gasteiger partial charge on any atom is 0.341 e. The normalized spacial score (nSPS) is 11.7. The van der Waals surface area contributed by atoms with Crippen molar-refractivity contribution in [2.45, 2.75) is 40.0 Å². The zero-order chi connectivity index (χ0) is 15.1. The van der Waals surface area contributed by atoms with E-state index in [4.69, 9.17) is 4.52 Å². The molecule has 0 bridgehead atoms. The molecule has 4 heteroatoms. The summed E-state index contributed by atoms with van der Waals surface area (Å²) in [4.78, 5) is 11.6. The summed E-state index contributed by atoms with van der Waals surface area (Å²) < 4.78 is 5.32. The molecule has 0 aliphatic rings. The zero-order valence-electron chi connectivity index (χ0n) is 12.4. The molecule has 20 heavy (non-hydrogen) atoms. The zero-order valence-corrected chi connectivity index (χ0v) is 12.4. The molecular formula is C16H19NO3. The molecule has 0 saturated carbocycles. The van der Waals surface area contributed by atoms with Gasteiger partial charge in [-0.25, -0.2) is 4.79 Å². The van der Waals surface area contributed by atoms with Crippen LogP contribution in [0.4, 0.5) is 0 Å². The van der Waals surface area contributed by atoms with Crippen molar-refractivity contribution in [3.63, 3.8) is 0 Å². The lowest BCUT2D eigenvalue weighted by Gasteiger charge is -2.14. The summed E-state index contributed by atoms with van der Waals surface area (Å²) in [6, 6.07) is 5.77. The molecule has 1 N–H and O–H groups in total. The molecule has 2 aromatic rings. The number of hydrogen-bond acceptors (Lipinski definition) is 3. The maximum atomic E-state index is 11.6. The van der Waals surface area contributed by atoms with E-state index in [-0.39, 0.29) is 5.56 Å². The van der Waals surface area contributed by atoms with Crippen LogP contribution < -0.4 is 0 Å². The van der Waals surface area contributed by atoms with Crippen molar-refractivity contribution in [1.29, 1.82) is 0 Å². The number of carboxylic acids is 1. The third kappa shape index (κ3) is 2.46. The molecule has 0 atom stereocenters. The van der Waals surface area contributed by atoms with Crippen LogP contribution in [0.3, 0.4) is 0 Å². The first kappa shape index (κ1) is 14.3. The number of aryl methyl sites for hydroxylation is 2. The van der Waals surface area contributed by atoms with Gasteiger partial charge in [-0.2, -0.15) is 0 Å². The van der Waals surface area contributed by atoms with Crippen molar-refractivity contribution in [2.75, 3.05) is 0 Å². The Bertz CT molecular complexity index is 663. The molecule has 4 nitrogen and oxygen atoms in total. The van der Waals surface area contributed by atoms with E-state index in [0.29, 0.717) is 11.5 Å². The van der Waals surface area contributed by atoms with E-state index in [1.165, 1.54) is 0 Å². The van der Waals surface area contributed by atoms with E-state index >= 15 is 0 Å². The van der Waals surface area contributed by atoms with Gasteiger partial charge in [-0.1, -0.05) is 38.1 Å². The number of aromatic nitrogens is 1. The van der Waals surface area contributed by atoms with Crippen molar-refractivity contribution in [3.05, 3.63) is 40.6 Å². The summed E-state index contributed by atoms with van der Waals surface area (Å²) in [5, 5.41) is 13.5. The van der Waals surface area contributed by atoms with Crippen LogP contribution in [-0.2, 0) is 5.41 Å². The van der Waals surface area contributed by atoms with E-state index in [9.17, 15) is 9.90 Å². The van der Waals surface area contributed by atoms with Crippen LogP contribution in [0.15, 0.2) is 22.7 Å². The molecule has 1 aromatic heterocycles. The number of benzene rings is 1. The van der Waals surface area contributed by atoms with Gasteiger partial charge in [0.2, 0.25) is 0 Å². The van der Waals surface area contributed by atoms with Crippen LogP contribution in [0.2, 0.25) is 0 Å². The predicted octanol–water partition coefficient (Wildman–Crippen LogP) is 3.95. The second kappa shape index (κ2) is 4.78. The van der Waals surface area contributed by atoms with Crippen molar-refractivity contribution >= 4 is 5.97 Å². The highest BCUT2D eigenvalue weighted by Gasteiger charge is 2.31. The fraction of sp³-hybridized carbons (Fsp3) is 0.375. The molecule has 0 fully saturated rings. The van der Waals surface area contributed by atoms with Crippen molar-refractivity contribution < 1.29 is 14.4 Å². The van der Waals surface area contributed by atoms with Crippen LogP contribution >= 0.6 is 0 Å². The number of carbonyl (C=O) groups is 1. The first-order valence-electron chi connectivity index (χ1n) is 6.53. The molecule has 1 aromatic carbocycles. The topological polar surface area (TPSA) is 63.3 Å². The molecule has 2 rings (SSSR count). The summed E-state index contributed by atoms with van der Waals surface area (Å²) in [5.74, 6) is -0.609. The Balaban J connectivity index is 2.66. The lowest BCUT2D eigenvalue weighted by molar-refractivity contribution is 0.0693. The van der Waals surface area contributed by atoms with Gasteiger partial charge in [0.1, 0.15) is 11.3 Å². The molecule has 1 heterocycles. The highest BCUT2D eigenvalue weighted by molar-refractivity contribution is 5.96. The van der Waals surface area contributed by atoms with E-state index in [0.717, 1.165) is 16.7 Å². The van der Waals surface area contributed by atoms with E-state index < -0.39 is 11.4 Å². The van der Waals surface area contributed by atoms with Gasteiger partial charge in [-0.05, 0) is 31.0 Å². The monoisotopic (exact) mass is 273 g/mol. The van der Waals surface area contributed by atoms with Crippen LogP contribution in [0, 0.1) is 13.8 Å². The highest BCUT2D eigenvalue weighted by atomic mass is 16.5. The summed E-state index contributed by atoms with van der Waals surface area (Å²) in [7, 11) is 0. The van der Waals surface area contributed by atoms with Crippen LogP contribution in [0.25, 0.3) is 11.3 Å². The number of nitrogens with zero attached hydrogens (tertiary/aromatic N) is 1. The number of rotatable bonds is 2. The molecule has 106 valence electrons. The Morgan fingerprint density at radius 2 is 1.85 bits per heavy atom. The fourth-order valence-corrected chi connectivity index (χ4v) is 2.09. The summed E-state index contributed by atoms with van der Waals surface area (Å²) in [6.07, 6.45) is 0. The molecule has 0 amide bonds. The lowest BCUT2D eigenvalue weighted by Crippen LogP contribution is -2.15. The van der Waals surface area contributed by atoms with E-state index in [1.54, 1.807) is 0 Å². The van der Waals surface area contributed by atoms with Crippen molar-refractivity contribution in [2.24, 2.45) is 0 Å². The second-order valence-corrected chi connectivity index (χ2v) is 6.09. The quantitative estimate of drug-likeness (QED) is 0.899. The summed E-state index contributed by atoms with van der Waals surface area (Å²) in [6.45, 7) is 9.73. The third-order valence-electron chi connectivity index (χ3n) is 3.37. The Kier molecular flexibility index (Phi) is 3.42. The Morgan fingerprint density at radius 1 is 1.20 bits per heavy atom. The van der Waals surface area contributed by atoms with Gasteiger partial charge in [-0.3, -0.25) is 0 Å². The Morgan fingerprint density at radius 3 is 2.35 bits per heavy atom. The second-order valence-electron chi connectivity index (χ2n) is 6.09. The molecule has 0 aliphatic heterocycles. The average molecular weight is 273 g/mol. The van der Waals surface area contributed by atoms with Crippen LogP contribution in [-0.4, -0.2) is 16.2 Å². The smallest absolute Gasteiger partial charge is 0.341 e. The SMILES string of the molecule is Cc1ccc(-c2noc(C(C)(C)C)c2C(=O)O)cc1C. The van der Waals surface area contributed by atoms with E-state index in [2.05, 4.69) is 5.16 Å². The first-order valence-corrected chi connectivity index (χ1v) is 6.53. The average Bonchev–Trinajstić information content (AvgIpc) is 2.77. The predicted molar refractivity (Wildman–Crippen MR) is 77.1 cm³/mol. The largest absolute Gasteiger partial charge is 0.477 e. The number of aromatic carboxylic acids is 1. The van der Waals surface area contributed by atoms with Crippen LogP contribution in [0.5, 0.6) is 0 Å². The number of hydrogen-bond donors (Lipinski definition) is 1. The molecule has 0 spiro atoms.